The minimum Gasteiger partial charge on any atom is -0.401 e. The molecule has 1 saturated heterocycles. The lowest BCUT2D eigenvalue weighted by molar-refractivity contribution is -0.136. The van der Waals surface area contributed by atoms with Gasteiger partial charge in [0.1, 0.15) is 6.04 Å². The average Bonchev–Trinajstić information content (AvgIpc) is 3.84. The standard InChI is InChI=1S/C34H35N7O4/c35-30(21-3-4-21)27(31-26-17-36-12-9-20(26)10-13-38-31)18-39-23-14-19(15-23)2-1-11-37-22-5-6-24-25(16-22)34(45)41(33(24)44)28-7-8-29(42)40-32(28)43/h5-6,9-10,12-13,16-19,21,23,28,37H,1-4,7-8,11,14-15,35H2,(H,40,42,43). The van der Waals surface area contributed by atoms with Crippen LogP contribution in [0.3, 0.4) is 0 Å². The molecule has 1 atom stereocenters. The van der Waals surface area contributed by atoms with Gasteiger partial charge in [0.25, 0.3) is 11.8 Å². The second-order valence-electron chi connectivity index (χ2n) is 12.4. The van der Waals surface area contributed by atoms with Crippen LogP contribution in [0, 0.1) is 11.8 Å². The van der Waals surface area contributed by atoms with Crippen molar-refractivity contribution in [1.29, 1.82) is 0 Å². The van der Waals surface area contributed by atoms with Crippen LogP contribution in [-0.4, -0.2) is 63.3 Å². The van der Waals surface area contributed by atoms with Crippen molar-refractivity contribution >= 4 is 51.9 Å². The number of benzene rings is 1. The lowest BCUT2D eigenvalue weighted by Gasteiger charge is -2.32. The number of anilines is 1. The molecule has 4 amide bonds. The highest BCUT2D eigenvalue weighted by Crippen LogP contribution is 2.39. The normalized spacial score (nSPS) is 23.6. The maximum atomic E-state index is 13.1. The van der Waals surface area contributed by atoms with Crippen molar-refractivity contribution in [3.8, 4) is 0 Å². The Morgan fingerprint density at radius 3 is 2.64 bits per heavy atom. The van der Waals surface area contributed by atoms with E-state index in [2.05, 4.69) is 20.6 Å². The first-order valence-corrected chi connectivity index (χ1v) is 15.7. The van der Waals surface area contributed by atoms with Gasteiger partial charge in [-0.25, -0.2) is 0 Å². The van der Waals surface area contributed by atoms with Crippen LogP contribution >= 0.6 is 0 Å². The number of imide groups is 2. The van der Waals surface area contributed by atoms with Crippen molar-refractivity contribution in [1.82, 2.24) is 20.2 Å². The van der Waals surface area contributed by atoms with Gasteiger partial charge in [-0.1, -0.05) is 0 Å². The molecule has 45 heavy (non-hydrogen) atoms. The van der Waals surface area contributed by atoms with Crippen LogP contribution < -0.4 is 16.4 Å². The third-order valence-corrected chi connectivity index (χ3v) is 9.33. The number of piperidine rings is 1. The number of hydrogen-bond donors (Lipinski definition) is 3. The molecule has 4 heterocycles. The van der Waals surface area contributed by atoms with Crippen LogP contribution in [0.15, 0.2) is 59.6 Å². The smallest absolute Gasteiger partial charge is 0.262 e. The molecule has 2 aliphatic carbocycles. The van der Waals surface area contributed by atoms with E-state index in [9.17, 15) is 19.2 Å². The van der Waals surface area contributed by atoms with Gasteiger partial charge < -0.3 is 11.1 Å². The van der Waals surface area contributed by atoms with Gasteiger partial charge in [0, 0.05) is 60.1 Å². The first-order chi connectivity index (χ1) is 21.9. The number of carbonyl (C=O) groups is 4. The number of hydrogen-bond acceptors (Lipinski definition) is 9. The number of nitrogens with one attached hydrogen (secondary N) is 2. The predicted molar refractivity (Wildman–Crippen MR) is 169 cm³/mol. The molecule has 4 aliphatic rings. The molecular weight excluding hydrogens is 570 g/mol. The summed E-state index contributed by atoms with van der Waals surface area (Å²) >= 11 is 0. The van der Waals surface area contributed by atoms with Crippen LogP contribution in [0.2, 0.25) is 0 Å². The monoisotopic (exact) mass is 605 g/mol. The zero-order chi connectivity index (χ0) is 31.1. The van der Waals surface area contributed by atoms with Crippen molar-refractivity contribution in [2.24, 2.45) is 22.6 Å². The van der Waals surface area contributed by atoms with Crippen molar-refractivity contribution < 1.29 is 19.2 Å². The topological polar surface area (TPSA) is 160 Å². The molecule has 230 valence electrons. The molecule has 3 fully saturated rings. The number of amides is 4. The van der Waals surface area contributed by atoms with E-state index in [0.29, 0.717) is 11.8 Å². The summed E-state index contributed by atoms with van der Waals surface area (Å²) in [7, 11) is 0. The Kier molecular flexibility index (Phi) is 7.60. The number of pyridine rings is 2. The molecule has 3 aromatic rings. The summed E-state index contributed by atoms with van der Waals surface area (Å²) in [5.41, 5.74) is 10.5. The Morgan fingerprint density at radius 2 is 1.84 bits per heavy atom. The van der Waals surface area contributed by atoms with E-state index in [0.717, 1.165) is 83.4 Å². The Bertz CT molecular complexity index is 1770. The van der Waals surface area contributed by atoms with E-state index in [1.807, 2.05) is 30.7 Å². The maximum Gasteiger partial charge on any atom is 0.262 e. The number of fused-ring (bicyclic) bond motifs is 2. The Labute approximate surface area is 260 Å². The Balaban J connectivity index is 0.908. The molecule has 2 saturated carbocycles. The van der Waals surface area contributed by atoms with Crippen LogP contribution in [0.1, 0.15) is 77.8 Å². The number of allylic oxidation sites excluding steroid dienone is 2. The van der Waals surface area contributed by atoms with Gasteiger partial charge in [-0.2, -0.15) is 0 Å². The van der Waals surface area contributed by atoms with Crippen LogP contribution in [-0.2, 0) is 9.59 Å². The van der Waals surface area contributed by atoms with Gasteiger partial charge >= 0.3 is 0 Å². The summed E-state index contributed by atoms with van der Waals surface area (Å²) in [5, 5.41) is 7.65. The first-order valence-electron chi connectivity index (χ1n) is 15.7. The molecule has 2 aromatic heterocycles. The number of aliphatic imine (C=N–C) groups is 1. The molecule has 0 radical (unpaired) electrons. The highest BCUT2D eigenvalue weighted by molar-refractivity contribution is 6.23. The number of aromatic nitrogens is 2. The quantitative estimate of drug-likeness (QED) is 0.179. The molecule has 1 aromatic carbocycles. The maximum absolute atomic E-state index is 13.1. The minimum absolute atomic E-state index is 0.0956. The summed E-state index contributed by atoms with van der Waals surface area (Å²) < 4.78 is 0. The summed E-state index contributed by atoms with van der Waals surface area (Å²) in [4.78, 5) is 64.7. The van der Waals surface area contributed by atoms with Crippen LogP contribution in [0.4, 0.5) is 5.69 Å². The molecule has 4 N–H and O–H groups in total. The van der Waals surface area contributed by atoms with Gasteiger partial charge in [-0.3, -0.25) is 44.4 Å². The predicted octanol–water partition coefficient (Wildman–Crippen LogP) is 3.85. The highest BCUT2D eigenvalue weighted by atomic mass is 16.2. The van der Waals surface area contributed by atoms with E-state index in [-0.39, 0.29) is 30.0 Å². The molecule has 11 heteroatoms. The van der Waals surface area contributed by atoms with E-state index in [1.54, 1.807) is 24.4 Å². The van der Waals surface area contributed by atoms with Crippen LogP contribution in [0.5, 0.6) is 0 Å². The van der Waals surface area contributed by atoms with Gasteiger partial charge in [0.15, 0.2) is 0 Å². The summed E-state index contributed by atoms with van der Waals surface area (Å²) in [6.07, 6.45) is 13.9. The third-order valence-electron chi connectivity index (χ3n) is 9.33. The van der Waals surface area contributed by atoms with Gasteiger partial charge in [-0.05, 0) is 92.5 Å². The molecule has 2 aliphatic heterocycles. The van der Waals surface area contributed by atoms with E-state index in [4.69, 9.17) is 10.7 Å². The fourth-order valence-corrected chi connectivity index (χ4v) is 6.55. The number of carbonyl (C=O) groups excluding carboxylic acids is 4. The number of nitrogens with zero attached hydrogens (tertiary/aromatic N) is 4. The van der Waals surface area contributed by atoms with Crippen molar-refractivity contribution in [2.45, 2.75) is 63.5 Å². The third kappa shape index (κ3) is 5.70. The largest absolute Gasteiger partial charge is 0.401 e. The van der Waals surface area contributed by atoms with Crippen molar-refractivity contribution in [3.05, 3.63) is 71.4 Å². The molecule has 0 bridgehead atoms. The summed E-state index contributed by atoms with van der Waals surface area (Å²) in [5.74, 6) is -1.00. The molecular formula is C34H35N7O4. The summed E-state index contributed by atoms with van der Waals surface area (Å²) in [6.45, 7) is 0.730. The minimum atomic E-state index is -0.965. The lowest BCUT2D eigenvalue weighted by atomic mass is 9.78. The van der Waals surface area contributed by atoms with Gasteiger partial charge in [-0.15, -0.1) is 0 Å². The summed E-state index contributed by atoms with van der Waals surface area (Å²) in [6, 6.07) is 8.35. The average molecular weight is 606 g/mol. The molecule has 11 nitrogen and oxygen atoms in total. The van der Waals surface area contributed by atoms with Crippen molar-refractivity contribution in [3.63, 3.8) is 0 Å². The number of rotatable bonds is 10. The number of nitrogens with two attached hydrogens (primary N) is 1. The zero-order valence-electron chi connectivity index (χ0n) is 24.9. The van der Waals surface area contributed by atoms with Gasteiger partial charge in [0.05, 0.1) is 22.9 Å². The SMILES string of the molecule is NC(=C(C=NC1CC(CCCNc2ccc3c(c2)C(=O)N(C2CCC(=O)NC2=O)C3=O)C1)c1nccc2ccncc12)C1CC1. The Hall–Kier alpha value is -4.93. The molecule has 1 unspecified atom stereocenters. The second kappa shape index (κ2) is 11.9. The first kappa shape index (κ1) is 28.8. The van der Waals surface area contributed by atoms with Crippen molar-refractivity contribution in [2.75, 3.05) is 11.9 Å². The van der Waals surface area contributed by atoms with E-state index >= 15 is 0 Å². The Morgan fingerprint density at radius 1 is 1.04 bits per heavy atom. The van der Waals surface area contributed by atoms with Crippen LogP contribution in [0.25, 0.3) is 16.3 Å². The molecule has 7 rings (SSSR count). The van der Waals surface area contributed by atoms with E-state index in [1.165, 1.54) is 0 Å². The second-order valence-corrected chi connectivity index (χ2v) is 12.4. The zero-order valence-corrected chi connectivity index (χ0v) is 24.9. The van der Waals surface area contributed by atoms with Gasteiger partial charge in [0.2, 0.25) is 11.8 Å². The molecule has 0 spiro atoms. The fourth-order valence-electron chi connectivity index (χ4n) is 6.55. The highest BCUT2D eigenvalue weighted by Gasteiger charge is 2.44. The fraction of sp³-hybridized carbons (Fsp3) is 0.382. The lowest BCUT2D eigenvalue weighted by Crippen LogP contribution is -2.54. The van der Waals surface area contributed by atoms with E-state index < -0.39 is 29.7 Å².